The fourth-order valence-corrected chi connectivity index (χ4v) is 2.37. The molecule has 0 aliphatic heterocycles. The third kappa shape index (κ3) is 1.57. The van der Waals surface area contributed by atoms with Gasteiger partial charge in [-0.25, -0.2) is 0 Å². The third-order valence-electron chi connectivity index (χ3n) is 2.39. The van der Waals surface area contributed by atoms with E-state index in [4.69, 9.17) is 0 Å². The Morgan fingerprint density at radius 1 is 1.14 bits per heavy atom. The van der Waals surface area contributed by atoms with Crippen molar-refractivity contribution in [3.8, 4) is 0 Å². The number of fused-ring (bicyclic) bond motifs is 1. The molecule has 0 N–H and O–H groups in total. The summed E-state index contributed by atoms with van der Waals surface area (Å²) in [6, 6.07) is 12.8. The summed E-state index contributed by atoms with van der Waals surface area (Å²) in [5, 5.41) is 2.65. The van der Waals surface area contributed by atoms with Crippen LogP contribution in [0.3, 0.4) is 0 Å². The van der Waals surface area contributed by atoms with Gasteiger partial charge in [0.05, 0.1) is 0 Å². The van der Waals surface area contributed by atoms with Crippen molar-refractivity contribution in [2.45, 2.75) is 4.43 Å². The highest BCUT2D eigenvalue weighted by atomic mass is 127. The minimum Gasteiger partial charge on any atom is -0.0984 e. The molecule has 0 amide bonds. The van der Waals surface area contributed by atoms with E-state index < -0.39 is 0 Å². The second-order valence-corrected chi connectivity index (χ2v) is 3.96. The maximum absolute atomic E-state index is 3.85. The molecule has 70 valence electrons. The first kappa shape index (κ1) is 9.71. The lowest BCUT2D eigenvalue weighted by Crippen LogP contribution is -1.84. The third-order valence-corrected chi connectivity index (χ3v) is 3.21. The summed E-state index contributed by atoms with van der Waals surface area (Å²) in [7, 11) is 0. The predicted octanol–water partition coefficient (Wildman–Crippen LogP) is 4.42. The quantitative estimate of drug-likeness (QED) is 0.568. The highest BCUT2D eigenvalue weighted by Crippen LogP contribution is 2.25. The lowest BCUT2D eigenvalue weighted by Gasteiger charge is -2.06. The monoisotopic (exact) mass is 294 g/mol. The summed E-state index contributed by atoms with van der Waals surface area (Å²) in [5.74, 6) is 0. The van der Waals surface area contributed by atoms with E-state index in [2.05, 4.69) is 65.6 Å². The van der Waals surface area contributed by atoms with Crippen LogP contribution in [-0.2, 0) is 4.43 Å². The molecule has 0 heterocycles. The van der Waals surface area contributed by atoms with Crippen LogP contribution < -0.4 is 0 Å². The molecule has 0 unspecified atom stereocenters. The van der Waals surface area contributed by atoms with E-state index in [1.54, 1.807) is 0 Å². The number of rotatable bonds is 2. The first-order valence-electron chi connectivity index (χ1n) is 4.56. The van der Waals surface area contributed by atoms with Crippen LogP contribution in [0, 0.1) is 0 Å². The molecule has 0 saturated carbocycles. The van der Waals surface area contributed by atoms with Gasteiger partial charge < -0.3 is 0 Å². The Balaban J connectivity index is 2.88. The Morgan fingerprint density at radius 3 is 2.50 bits per heavy atom. The first-order valence-corrected chi connectivity index (χ1v) is 6.08. The molecule has 2 aromatic carbocycles. The van der Waals surface area contributed by atoms with E-state index in [0.717, 1.165) is 4.43 Å². The van der Waals surface area contributed by atoms with Crippen LogP contribution in [-0.4, -0.2) is 0 Å². The molecule has 14 heavy (non-hydrogen) atoms. The standard InChI is InChI=1S/C13H11I/c1-2-10-5-3-6-11-7-4-8-12(9-14)13(10)11/h2-8H,1,9H2. The van der Waals surface area contributed by atoms with Crippen LogP contribution in [0.15, 0.2) is 43.0 Å². The van der Waals surface area contributed by atoms with Crippen LogP contribution in [0.1, 0.15) is 11.1 Å². The summed E-state index contributed by atoms with van der Waals surface area (Å²) in [5.41, 5.74) is 2.62. The summed E-state index contributed by atoms with van der Waals surface area (Å²) in [6.07, 6.45) is 1.93. The zero-order valence-corrected chi connectivity index (χ0v) is 9.99. The Bertz CT molecular complexity index is 466. The van der Waals surface area contributed by atoms with Crippen LogP contribution in [0.5, 0.6) is 0 Å². The van der Waals surface area contributed by atoms with Gasteiger partial charge in [-0.15, -0.1) is 0 Å². The second-order valence-electron chi connectivity index (χ2n) is 3.20. The summed E-state index contributed by atoms with van der Waals surface area (Å²) in [6.45, 7) is 3.85. The van der Waals surface area contributed by atoms with Crippen molar-refractivity contribution >= 4 is 39.4 Å². The molecule has 0 saturated heterocycles. The molecule has 0 nitrogen and oxygen atoms in total. The van der Waals surface area contributed by atoms with Gasteiger partial charge in [0, 0.05) is 4.43 Å². The lowest BCUT2D eigenvalue weighted by molar-refractivity contribution is 1.50. The van der Waals surface area contributed by atoms with Crippen molar-refractivity contribution in [3.63, 3.8) is 0 Å². The van der Waals surface area contributed by atoms with Gasteiger partial charge in [-0.1, -0.05) is 71.6 Å². The van der Waals surface area contributed by atoms with Crippen LogP contribution in [0.4, 0.5) is 0 Å². The summed E-state index contributed by atoms with van der Waals surface area (Å²) in [4.78, 5) is 0. The van der Waals surface area contributed by atoms with E-state index in [0.29, 0.717) is 0 Å². The SMILES string of the molecule is C=Cc1cccc2cccc(CI)c12. The van der Waals surface area contributed by atoms with Crippen molar-refractivity contribution in [1.29, 1.82) is 0 Å². The molecule has 0 aromatic heterocycles. The van der Waals surface area contributed by atoms with Gasteiger partial charge in [-0.2, -0.15) is 0 Å². The number of hydrogen-bond acceptors (Lipinski definition) is 0. The fourth-order valence-electron chi connectivity index (χ4n) is 1.73. The topological polar surface area (TPSA) is 0 Å². The predicted molar refractivity (Wildman–Crippen MR) is 71.8 cm³/mol. The number of alkyl halides is 1. The minimum absolute atomic E-state index is 1.04. The van der Waals surface area contributed by atoms with Gasteiger partial charge in [0.2, 0.25) is 0 Å². The van der Waals surface area contributed by atoms with Gasteiger partial charge in [0.25, 0.3) is 0 Å². The van der Waals surface area contributed by atoms with Crippen LogP contribution in [0.25, 0.3) is 16.8 Å². The number of halogens is 1. The summed E-state index contributed by atoms with van der Waals surface area (Å²) >= 11 is 2.40. The Hall–Kier alpha value is -0.830. The number of hydrogen-bond donors (Lipinski definition) is 0. The smallest absolute Gasteiger partial charge is 0.0253 e. The van der Waals surface area contributed by atoms with E-state index in [9.17, 15) is 0 Å². The van der Waals surface area contributed by atoms with E-state index in [1.165, 1.54) is 21.9 Å². The minimum atomic E-state index is 1.04. The van der Waals surface area contributed by atoms with E-state index in [1.807, 2.05) is 6.08 Å². The molecule has 2 aromatic rings. The van der Waals surface area contributed by atoms with Crippen molar-refractivity contribution < 1.29 is 0 Å². The first-order chi connectivity index (χ1) is 6.86. The van der Waals surface area contributed by atoms with Gasteiger partial charge in [-0.3, -0.25) is 0 Å². The molecule has 0 aliphatic rings. The van der Waals surface area contributed by atoms with Crippen molar-refractivity contribution in [1.82, 2.24) is 0 Å². The average Bonchev–Trinajstić information content (AvgIpc) is 2.27. The molecular formula is C13H11I. The summed E-state index contributed by atoms with van der Waals surface area (Å²) < 4.78 is 1.04. The molecule has 2 rings (SSSR count). The zero-order chi connectivity index (χ0) is 9.97. The highest BCUT2D eigenvalue weighted by Gasteiger charge is 2.02. The normalized spacial score (nSPS) is 10.4. The Morgan fingerprint density at radius 2 is 1.86 bits per heavy atom. The molecule has 0 radical (unpaired) electrons. The Kier molecular flexibility index (Phi) is 2.87. The van der Waals surface area contributed by atoms with Gasteiger partial charge in [-0.05, 0) is 21.9 Å². The molecule has 0 atom stereocenters. The van der Waals surface area contributed by atoms with E-state index >= 15 is 0 Å². The fraction of sp³-hybridized carbons (Fsp3) is 0.0769. The Labute approximate surface area is 97.8 Å². The van der Waals surface area contributed by atoms with E-state index in [-0.39, 0.29) is 0 Å². The van der Waals surface area contributed by atoms with Crippen molar-refractivity contribution in [2.24, 2.45) is 0 Å². The molecular weight excluding hydrogens is 283 g/mol. The van der Waals surface area contributed by atoms with Gasteiger partial charge >= 0.3 is 0 Å². The van der Waals surface area contributed by atoms with Crippen LogP contribution >= 0.6 is 22.6 Å². The molecule has 0 fully saturated rings. The molecule has 0 spiro atoms. The molecule has 0 bridgehead atoms. The van der Waals surface area contributed by atoms with Gasteiger partial charge in [0.15, 0.2) is 0 Å². The van der Waals surface area contributed by atoms with Crippen molar-refractivity contribution in [3.05, 3.63) is 54.1 Å². The van der Waals surface area contributed by atoms with Crippen LogP contribution in [0.2, 0.25) is 0 Å². The molecule has 0 aliphatic carbocycles. The maximum Gasteiger partial charge on any atom is 0.0253 e. The largest absolute Gasteiger partial charge is 0.0984 e. The van der Waals surface area contributed by atoms with Gasteiger partial charge in [0.1, 0.15) is 0 Å². The maximum atomic E-state index is 3.85. The zero-order valence-electron chi connectivity index (χ0n) is 7.83. The second kappa shape index (κ2) is 4.13. The highest BCUT2D eigenvalue weighted by molar-refractivity contribution is 14.1. The molecule has 1 heteroatoms. The lowest BCUT2D eigenvalue weighted by atomic mass is 10.0. The van der Waals surface area contributed by atoms with Crippen molar-refractivity contribution in [2.75, 3.05) is 0 Å². The average molecular weight is 294 g/mol. The number of benzene rings is 2.